The molecule has 2 bridgehead atoms. The van der Waals surface area contributed by atoms with E-state index >= 15 is 0 Å². The number of carbonyl (C=O) groups is 2. The van der Waals surface area contributed by atoms with Crippen LogP contribution in [0.2, 0.25) is 0 Å². The van der Waals surface area contributed by atoms with E-state index in [1.54, 1.807) is 0 Å². The van der Waals surface area contributed by atoms with E-state index in [9.17, 15) is 9.59 Å². The molecule has 0 spiro atoms. The number of ether oxygens (including phenoxy) is 2. The van der Waals surface area contributed by atoms with Crippen LogP contribution in [-0.2, 0) is 25.4 Å². The van der Waals surface area contributed by atoms with Crippen molar-refractivity contribution in [2.45, 2.75) is 77.5 Å². The van der Waals surface area contributed by atoms with Crippen molar-refractivity contribution in [1.29, 1.82) is 0 Å². The van der Waals surface area contributed by atoms with Gasteiger partial charge in [0.2, 0.25) is 5.91 Å². The number of H-pyrrole nitrogens is 1. The van der Waals surface area contributed by atoms with Gasteiger partial charge in [-0.2, -0.15) is 0 Å². The monoisotopic (exact) mass is 634 g/mol. The Balaban J connectivity index is 1.04. The molecule has 1 aromatic heterocycles. The summed E-state index contributed by atoms with van der Waals surface area (Å²) in [4.78, 5) is 36.6. The van der Waals surface area contributed by atoms with Crippen LogP contribution in [0.1, 0.15) is 59.0 Å². The maximum Gasteiger partial charge on any atom is 0.494 e. The Labute approximate surface area is 273 Å². The van der Waals surface area contributed by atoms with E-state index in [1.165, 1.54) is 7.11 Å². The molecule has 3 saturated heterocycles. The van der Waals surface area contributed by atoms with E-state index in [0.29, 0.717) is 24.4 Å². The standard InChI is InChI=1S/C36H39BN4O6/c1-16(2)28(40-34(43)44-7)33(42)41-30-25-26(30)27(25)31(41)32-38-23-11-8-17-13-22-20-10-9-19(37-46-35(3,4)36(5,6)47-37)12-18(20)15-45-24(22)14-21(17)29(23)39-32/h8-14,16,25-28,30-31H,15H2,1-7H3,(H,38,39)(H,40,43)/t25-,26?,27?,28+,30+,31+/m1/s1. The number of methoxy groups -OCH3 is 1. The summed E-state index contributed by atoms with van der Waals surface area (Å²) in [6.07, 6.45) is -0.596. The number of piperidine rings is 1. The SMILES string of the molecule is COC(=O)N[C@H](C(=O)N1[C@H](c2nc3ccc4cc5c(cc4c3[nH]2)OCc2cc(B3OC(C)(C)C(C)(C)O3)ccc2-5)C2C3[C@H]2[C@@H]31)C(C)C. The lowest BCUT2D eigenvalue weighted by molar-refractivity contribution is -0.136. The van der Waals surface area contributed by atoms with Gasteiger partial charge in [0.25, 0.3) is 0 Å². The Kier molecular flexibility index (Phi) is 5.88. The maximum absolute atomic E-state index is 13.9. The number of benzene rings is 3. The van der Waals surface area contributed by atoms with Gasteiger partial charge in [0.15, 0.2) is 0 Å². The molecular weight excluding hydrogens is 595 g/mol. The molecule has 47 heavy (non-hydrogen) atoms. The lowest BCUT2D eigenvalue weighted by Gasteiger charge is -2.32. The molecule has 10 nitrogen and oxygen atoms in total. The van der Waals surface area contributed by atoms with Crippen LogP contribution >= 0.6 is 0 Å². The van der Waals surface area contributed by atoms with Crippen LogP contribution in [0.25, 0.3) is 32.9 Å². The normalized spacial score (nSPS) is 27.7. The van der Waals surface area contributed by atoms with Gasteiger partial charge in [0, 0.05) is 17.0 Å². The summed E-state index contributed by atoms with van der Waals surface area (Å²) in [6, 6.07) is 14.3. The van der Waals surface area contributed by atoms with Crippen LogP contribution in [0.3, 0.4) is 0 Å². The third-order valence-corrected chi connectivity index (χ3v) is 11.7. The highest BCUT2D eigenvalue weighted by Gasteiger charge is 2.85. The first-order valence-electron chi connectivity index (χ1n) is 16.6. The molecule has 4 aromatic rings. The number of aromatic amines is 1. The van der Waals surface area contributed by atoms with E-state index in [2.05, 4.69) is 74.4 Å². The number of alkyl carbamates (subject to hydrolysis) is 1. The predicted molar refractivity (Wildman–Crippen MR) is 177 cm³/mol. The Bertz CT molecular complexity index is 2000. The largest absolute Gasteiger partial charge is 0.494 e. The molecule has 5 fully saturated rings. The fourth-order valence-electron chi connectivity index (χ4n) is 8.26. The first-order chi connectivity index (χ1) is 22.4. The highest BCUT2D eigenvalue weighted by molar-refractivity contribution is 6.62. The summed E-state index contributed by atoms with van der Waals surface area (Å²) in [5.41, 5.74) is 5.26. The second-order valence-corrected chi connectivity index (χ2v) is 15.2. The molecule has 4 aliphatic heterocycles. The molecule has 6 aliphatic rings. The number of nitrogens with zero attached hydrogens (tertiary/aromatic N) is 2. The number of imidazole rings is 1. The molecule has 2 aliphatic carbocycles. The van der Waals surface area contributed by atoms with Crippen molar-refractivity contribution < 1.29 is 28.4 Å². The van der Waals surface area contributed by atoms with Gasteiger partial charge in [-0.1, -0.05) is 38.1 Å². The predicted octanol–water partition coefficient (Wildman–Crippen LogP) is 5.08. The average Bonchev–Trinajstić information content (AvgIpc) is 3.70. The topological polar surface area (TPSA) is 115 Å². The molecule has 2 N–H and O–H groups in total. The van der Waals surface area contributed by atoms with Crippen LogP contribution in [0.5, 0.6) is 5.75 Å². The zero-order valence-corrected chi connectivity index (χ0v) is 27.7. The minimum Gasteiger partial charge on any atom is -0.488 e. The zero-order valence-electron chi connectivity index (χ0n) is 27.7. The molecule has 0 radical (unpaired) electrons. The number of fused-ring (bicyclic) bond motifs is 7. The molecule has 11 heteroatoms. The van der Waals surface area contributed by atoms with Gasteiger partial charge in [-0.25, -0.2) is 9.78 Å². The van der Waals surface area contributed by atoms with Crippen LogP contribution in [0.15, 0.2) is 42.5 Å². The van der Waals surface area contributed by atoms with E-state index in [1.807, 2.05) is 24.8 Å². The van der Waals surface area contributed by atoms with E-state index in [4.69, 9.17) is 23.8 Å². The van der Waals surface area contributed by atoms with Crippen molar-refractivity contribution in [2.75, 3.05) is 7.11 Å². The van der Waals surface area contributed by atoms with Gasteiger partial charge in [0.1, 0.15) is 24.2 Å². The van der Waals surface area contributed by atoms with Crippen LogP contribution in [0.4, 0.5) is 4.79 Å². The summed E-state index contributed by atoms with van der Waals surface area (Å²) >= 11 is 0. The maximum atomic E-state index is 13.9. The second-order valence-electron chi connectivity index (χ2n) is 15.2. The number of nitrogens with one attached hydrogen (secondary N) is 2. The van der Waals surface area contributed by atoms with Crippen molar-refractivity contribution in [3.8, 4) is 16.9 Å². The van der Waals surface area contributed by atoms with Gasteiger partial charge in [-0.3, -0.25) is 4.79 Å². The number of hydrogen-bond acceptors (Lipinski definition) is 7. The number of hydrogen-bond donors (Lipinski definition) is 2. The van der Waals surface area contributed by atoms with Gasteiger partial charge in [0.05, 0.1) is 35.4 Å². The first kappa shape index (κ1) is 29.1. The van der Waals surface area contributed by atoms with Crippen molar-refractivity contribution in [1.82, 2.24) is 20.2 Å². The van der Waals surface area contributed by atoms with Gasteiger partial charge in [-0.05, 0) is 91.5 Å². The molecule has 242 valence electrons. The fraction of sp³-hybridized carbons (Fsp3) is 0.472. The number of carbonyl (C=O) groups excluding carboxylic acids is 2. The Morgan fingerprint density at radius 3 is 2.47 bits per heavy atom. The third-order valence-electron chi connectivity index (χ3n) is 11.7. The fourth-order valence-corrected chi connectivity index (χ4v) is 8.26. The molecule has 5 heterocycles. The van der Waals surface area contributed by atoms with E-state index in [-0.39, 0.29) is 23.9 Å². The van der Waals surface area contributed by atoms with Crippen molar-refractivity contribution in [3.05, 3.63) is 53.9 Å². The van der Waals surface area contributed by atoms with Gasteiger partial charge in [-0.15, -0.1) is 0 Å². The summed E-state index contributed by atoms with van der Waals surface area (Å²) in [6.45, 7) is 12.6. The van der Waals surface area contributed by atoms with Gasteiger partial charge >= 0.3 is 13.2 Å². The van der Waals surface area contributed by atoms with Crippen molar-refractivity contribution in [2.24, 2.45) is 23.7 Å². The third kappa shape index (κ3) is 4.08. The minimum atomic E-state index is -0.659. The van der Waals surface area contributed by atoms with Crippen LogP contribution in [0, 0.1) is 23.7 Å². The van der Waals surface area contributed by atoms with Gasteiger partial charge < -0.3 is 34.0 Å². The van der Waals surface area contributed by atoms with Crippen molar-refractivity contribution in [3.63, 3.8) is 0 Å². The Morgan fingerprint density at radius 2 is 1.77 bits per heavy atom. The minimum absolute atomic E-state index is 0.0685. The highest BCUT2D eigenvalue weighted by atomic mass is 16.7. The lowest BCUT2D eigenvalue weighted by atomic mass is 9.77. The zero-order chi connectivity index (χ0) is 32.7. The van der Waals surface area contributed by atoms with E-state index < -0.39 is 30.5 Å². The number of aromatic nitrogens is 2. The summed E-state index contributed by atoms with van der Waals surface area (Å²) in [5, 5.41) is 4.87. The second kappa shape index (κ2) is 9.51. The summed E-state index contributed by atoms with van der Waals surface area (Å²) in [7, 11) is 0.889. The van der Waals surface area contributed by atoms with Crippen LogP contribution in [-0.4, -0.2) is 64.4 Å². The molecule has 2 amide bonds. The number of rotatable bonds is 5. The first-order valence-corrected chi connectivity index (χ1v) is 16.6. The molecular formula is C36H39BN4O6. The Morgan fingerprint density at radius 1 is 1.02 bits per heavy atom. The molecule has 2 unspecified atom stereocenters. The molecule has 3 aromatic carbocycles. The average molecular weight is 635 g/mol. The summed E-state index contributed by atoms with van der Waals surface area (Å²) < 4.78 is 23.8. The molecule has 2 saturated carbocycles. The number of amides is 2. The molecule has 6 atom stereocenters. The molecule has 10 rings (SSSR count). The quantitative estimate of drug-likeness (QED) is 0.294. The lowest BCUT2D eigenvalue weighted by Crippen LogP contribution is -2.51. The highest BCUT2D eigenvalue weighted by Crippen LogP contribution is 2.81. The van der Waals surface area contributed by atoms with Crippen LogP contribution < -0.4 is 15.5 Å². The smallest absolute Gasteiger partial charge is 0.488 e. The van der Waals surface area contributed by atoms with Crippen molar-refractivity contribution >= 4 is 46.4 Å². The van der Waals surface area contributed by atoms with E-state index in [0.717, 1.165) is 55.5 Å². The summed E-state index contributed by atoms with van der Waals surface area (Å²) in [5.74, 6) is 2.96. The Hall–Kier alpha value is -4.09.